The lowest BCUT2D eigenvalue weighted by atomic mass is 10.0. The fraction of sp³-hybridized carbons (Fsp3) is 0.538. The summed E-state index contributed by atoms with van der Waals surface area (Å²) < 4.78 is 0. The molecule has 0 bridgehead atoms. The van der Waals surface area contributed by atoms with Crippen LogP contribution in [0.3, 0.4) is 0 Å². The molecule has 2 rings (SSSR count). The van der Waals surface area contributed by atoms with E-state index in [9.17, 15) is 0 Å². The Balaban J connectivity index is 1.86. The summed E-state index contributed by atoms with van der Waals surface area (Å²) in [5.41, 5.74) is 1.19. The molecule has 3 heteroatoms. The predicted molar refractivity (Wildman–Crippen MR) is 70.4 cm³/mol. The lowest BCUT2D eigenvalue weighted by Crippen LogP contribution is -2.24. The van der Waals surface area contributed by atoms with Crippen LogP contribution in [0.4, 0.5) is 0 Å². The largest absolute Gasteiger partial charge is 0.314 e. The van der Waals surface area contributed by atoms with Gasteiger partial charge in [0.15, 0.2) is 0 Å². The molecule has 1 atom stereocenters. The zero-order valence-corrected chi connectivity index (χ0v) is 11.0. The maximum absolute atomic E-state index is 6.14. The Labute approximate surface area is 107 Å². The molecule has 16 heavy (non-hydrogen) atoms. The second-order valence-electron chi connectivity index (χ2n) is 4.73. The summed E-state index contributed by atoms with van der Waals surface area (Å²) in [6, 6.07) is 6.53. The fourth-order valence-corrected chi connectivity index (χ4v) is 2.28. The number of rotatable bonds is 5. The molecule has 0 spiro atoms. The standard InChI is InChI=1S/C13H17Cl2N/c1-9(8-16-12-4-5-12)6-10-2-3-11(14)7-13(10)15/h2-3,7,9,12,16H,4-6,8H2,1H3. The van der Waals surface area contributed by atoms with Gasteiger partial charge in [0.05, 0.1) is 0 Å². The first-order chi connectivity index (χ1) is 7.65. The Morgan fingerprint density at radius 3 is 2.75 bits per heavy atom. The van der Waals surface area contributed by atoms with Crippen molar-refractivity contribution in [2.45, 2.75) is 32.2 Å². The molecule has 0 radical (unpaired) electrons. The lowest BCUT2D eigenvalue weighted by molar-refractivity contribution is 0.509. The Hall–Kier alpha value is -0.240. The third-order valence-electron chi connectivity index (χ3n) is 2.92. The van der Waals surface area contributed by atoms with Gasteiger partial charge >= 0.3 is 0 Å². The van der Waals surface area contributed by atoms with E-state index in [0.29, 0.717) is 10.9 Å². The first-order valence-electron chi connectivity index (χ1n) is 5.82. The molecule has 0 heterocycles. The van der Waals surface area contributed by atoms with Gasteiger partial charge in [0.2, 0.25) is 0 Å². The molecule has 1 aliphatic carbocycles. The van der Waals surface area contributed by atoms with Crippen molar-refractivity contribution in [3.05, 3.63) is 33.8 Å². The second-order valence-corrected chi connectivity index (χ2v) is 5.57. The Bertz CT molecular complexity index is 361. The maximum atomic E-state index is 6.14. The minimum Gasteiger partial charge on any atom is -0.314 e. The molecule has 1 aliphatic rings. The highest BCUT2D eigenvalue weighted by atomic mass is 35.5. The zero-order valence-electron chi connectivity index (χ0n) is 9.47. The van der Waals surface area contributed by atoms with E-state index in [1.807, 2.05) is 18.2 Å². The molecule has 1 aromatic rings. The first kappa shape index (κ1) is 12.2. The summed E-state index contributed by atoms with van der Waals surface area (Å²) in [6.45, 7) is 3.32. The van der Waals surface area contributed by atoms with Crippen molar-refractivity contribution < 1.29 is 0 Å². The fourth-order valence-electron chi connectivity index (χ4n) is 1.79. The Kier molecular flexibility index (Phi) is 4.12. The third kappa shape index (κ3) is 3.65. The highest BCUT2D eigenvalue weighted by Gasteiger charge is 2.20. The molecule has 1 N–H and O–H groups in total. The minimum atomic E-state index is 0.610. The van der Waals surface area contributed by atoms with E-state index in [2.05, 4.69) is 12.2 Å². The van der Waals surface area contributed by atoms with Crippen molar-refractivity contribution in [2.24, 2.45) is 5.92 Å². The summed E-state index contributed by atoms with van der Waals surface area (Å²) in [5, 5.41) is 5.03. The van der Waals surface area contributed by atoms with E-state index < -0.39 is 0 Å². The smallest absolute Gasteiger partial charge is 0.0452 e. The first-order valence-corrected chi connectivity index (χ1v) is 6.58. The molecular formula is C13H17Cl2N. The molecule has 1 fully saturated rings. The molecule has 0 amide bonds. The number of hydrogen-bond donors (Lipinski definition) is 1. The Morgan fingerprint density at radius 1 is 1.38 bits per heavy atom. The van der Waals surface area contributed by atoms with Crippen LogP contribution in [0.1, 0.15) is 25.3 Å². The molecule has 0 aliphatic heterocycles. The van der Waals surface area contributed by atoms with E-state index in [1.54, 1.807) is 0 Å². The van der Waals surface area contributed by atoms with Crippen molar-refractivity contribution in [3.63, 3.8) is 0 Å². The normalized spacial score (nSPS) is 17.4. The molecule has 1 saturated carbocycles. The van der Waals surface area contributed by atoms with Crippen LogP contribution >= 0.6 is 23.2 Å². The average Bonchev–Trinajstić information content (AvgIpc) is 3.03. The lowest BCUT2D eigenvalue weighted by Gasteiger charge is -2.13. The highest BCUT2D eigenvalue weighted by Crippen LogP contribution is 2.24. The number of benzene rings is 1. The van der Waals surface area contributed by atoms with Gasteiger partial charge in [-0.3, -0.25) is 0 Å². The van der Waals surface area contributed by atoms with Crippen molar-refractivity contribution in [3.8, 4) is 0 Å². The van der Waals surface area contributed by atoms with Crippen molar-refractivity contribution in [1.29, 1.82) is 0 Å². The van der Waals surface area contributed by atoms with Gasteiger partial charge in [-0.2, -0.15) is 0 Å². The topological polar surface area (TPSA) is 12.0 Å². The van der Waals surface area contributed by atoms with Gasteiger partial charge in [-0.15, -0.1) is 0 Å². The summed E-state index contributed by atoms with van der Waals surface area (Å²) in [6.07, 6.45) is 3.69. The van der Waals surface area contributed by atoms with Crippen molar-refractivity contribution in [2.75, 3.05) is 6.54 Å². The summed E-state index contributed by atoms with van der Waals surface area (Å²) in [4.78, 5) is 0. The van der Waals surface area contributed by atoms with Crippen LogP contribution in [-0.4, -0.2) is 12.6 Å². The van der Waals surface area contributed by atoms with E-state index in [-0.39, 0.29) is 0 Å². The van der Waals surface area contributed by atoms with E-state index in [1.165, 1.54) is 18.4 Å². The average molecular weight is 258 g/mol. The second kappa shape index (κ2) is 5.39. The van der Waals surface area contributed by atoms with Crippen LogP contribution in [0, 0.1) is 5.92 Å². The quantitative estimate of drug-likeness (QED) is 0.843. The van der Waals surface area contributed by atoms with Crippen LogP contribution in [0.5, 0.6) is 0 Å². The SMILES string of the molecule is CC(CNC1CC1)Cc1ccc(Cl)cc1Cl. The van der Waals surface area contributed by atoms with Crippen LogP contribution in [0.2, 0.25) is 10.0 Å². The van der Waals surface area contributed by atoms with E-state index >= 15 is 0 Å². The number of nitrogens with one attached hydrogen (secondary N) is 1. The summed E-state index contributed by atoms with van der Waals surface area (Å²) >= 11 is 12.0. The molecular weight excluding hydrogens is 241 g/mol. The molecule has 0 saturated heterocycles. The van der Waals surface area contributed by atoms with E-state index in [0.717, 1.165) is 24.0 Å². The number of halogens is 2. The van der Waals surface area contributed by atoms with Gasteiger partial charge in [0, 0.05) is 16.1 Å². The third-order valence-corrected chi connectivity index (χ3v) is 3.50. The summed E-state index contributed by atoms with van der Waals surface area (Å²) in [5.74, 6) is 0.610. The van der Waals surface area contributed by atoms with Gasteiger partial charge in [0.25, 0.3) is 0 Å². The van der Waals surface area contributed by atoms with Gasteiger partial charge in [0.1, 0.15) is 0 Å². The highest BCUT2D eigenvalue weighted by molar-refractivity contribution is 6.35. The molecule has 1 aromatic carbocycles. The van der Waals surface area contributed by atoms with Crippen LogP contribution in [0.25, 0.3) is 0 Å². The van der Waals surface area contributed by atoms with Crippen LogP contribution in [-0.2, 0) is 6.42 Å². The molecule has 1 nitrogen and oxygen atoms in total. The van der Waals surface area contributed by atoms with Crippen LogP contribution in [0.15, 0.2) is 18.2 Å². The number of hydrogen-bond acceptors (Lipinski definition) is 1. The van der Waals surface area contributed by atoms with E-state index in [4.69, 9.17) is 23.2 Å². The Morgan fingerprint density at radius 2 is 2.12 bits per heavy atom. The molecule has 0 aromatic heterocycles. The van der Waals surface area contributed by atoms with Crippen molar-refractivity contribution >= 4 is 23.2 Å². The minimum absolute atomic E-state index is 0.610. The predicted octanol–water partition coefficient (Wildman–Crippen LogP) is 3.92. The van der Waals surface area contributed by atoms with Gasteiger partial charge in [-0.25, -0.2) is 0 Å². The monoisotopic (exact) mass is 257 g/mol. The zero-order chi connectivity index (χ0) is 11.5. The van der Waals surface area contributed by atoms with Gasteiger partial charge in [-0.1, -0.05) is 36.2 Å². The summed E-state index contributed by atoms with van der Waals surface area (Å²) in [7, 11) is 0. The van der Waals surface area contributed by atoms with Gasteiger partial charge in [-0.05, 0) is 49.4 Å². The van der Waals surface area contributed by atoms with Crippen LogP contribution < -0.4 is 5.32 Å². The van der Waals surface area contributed by atoms with Gasteiger partial charge < -0.3 is 5.32 Å². The van der Waals surface area contributed by atoms with Crippen molar-refractivity contribution in [1.82, 2.24) is 5.32 Å². The molecule has 88 valence electrons. The maximum Gasteiger partial charge on any atom is 0.0452 e. The molecule has 1 unspecified atom stereocenters.